The Kier molecular flexibility index (Phi) is 3.29. The van der Waals surface area contributed by atoms with E-state index in [1.165, 1.54) is 11.3 Å². The molecule has 2 unspecified atom stereocenters. The lowest BCUT2D eigenvalue weighted by molar-refractivity contribution is 0.720. The van der Waals surface area contributed by atoms with E-state index in [1.807, 2.05) is 6.92 Å². The Hall–Kier alpha value is -1.39. The zero-order valence-electron chi connectivity index (χ0n) is 11.3. The second-order valence-electron chi connectivity index (χ2n) is 5.35. The van der Waals surface area contributed by atoms with Gasteiger partial charge in [0.05, 0.1) is 5.69 Å². The van der Waals surface area contributed by atoms with Crippen molar-refractivity contribution in [1.82, 2.24) is 4.98 Å². The molecule has 1 aliphatic heterocycles. The molecule has 4 heteroatoms. The summed E-state index contributed by atoms with van der Waals surface area (Å²) in [6, 6.07) is 9.25. The van der Waals surface area contributed by atoms with E-state index in [-0.39, 0.29) is 6.04 Å². The first kappa shape index (κ1) is 12.6. The van der Waals surface area contributed by atoms with Crippen molar-refractivity contribution in [2.75, 3.05) is 4.90 Å². The van der Waals surface area contributed by atoms with Gasteiger partial charge in [-0.3, -0.25) is 0 Å². The van der Waals surface area contributed by atoms with Crippen LogP contribution in [0, 0.1) is 0 Å². The number of thiazole rings is 1. The lowest BCUT2D eigenvalue weighted by Crippen LogP contribution is -2.24. The Balaban J connectivity index is 1.92. The van der Waals surface area contributed by atoms with Crippen LogP contribution >= 0.6 is 11.3 Å². The molecule has 2 aromatic rings. The number of aromatic nitrogens is 1. The second kappa shape index (κ2) is 4.94. The molecule has 0 amide bonds. The zero-order valence-corrected chi connectivity index (χ0v) is 12.2. The predicted molar refractivity (Wildman–Crippen MR) is 81.2 cm³/mol. The molecule has 0 aliphatic carbocycles. The minimum Gasteiger partial charge on any atom is -0.328 e. The maximum Gasteiger partial charge on any atom is 0.190 e. The molecule has 19 heavy (non-hydrogen) atoms. The average Bonchev–Trinajstić information content (AvgIpc) is 2.91. The van der Waals surface area contributed by atoms with E-state index in [4.69, 9.17) is 10.7 Å². The van der Waals surface area contributed by atoms with E-state index >= 15 is 0 Å². The standard InChI is InChI=1S/C15H19N3S/c1-10(16)7-13-9-19-15(17-13)18-11(2)8-12-5-3-4-6-14(12)18/h3-6,9-11H,7-8,16H2,1-2H3. The van der Waals surface area contributed by atoms with Crippen LogP contribution in [0.2, 0.25) is 0 Å². The molecular formula is C15H19N3S. The number of para-hydroxylation sites is 1. The highest BCUT2D eigenvalue weighted by Crippen LogP contribution is 2.39. The molecule has 2 N–H and O–H groups in total. The third-order valence-electron chi connectivity index (χ3n) is 3.48. The smallest absolute Gasteiger partial charge is 0.190 e. The normalized spacial score (nSPS) is 19.5. The molecule has 0 saturated carbocycles. The number of nitrogens with two attached hydrogens (primary N) is 1. The van der Waals surface area contributed by atoms with Gasteiger partial charge in [0.25, 0.3) is 0 Å². The minimum atomic E-state index is 0.165. The third-order valence-corrected chi connectivity index (χ3v) is 4.37. The van der Waals surface area contributed by atoms with Gasteiger partial charge in [0.15, 0.2) is 5.13 Å². The summed E-state index contributed by atoms with van der Waals surface area (Å²) < 4.78 is 0. The minimum absolute atomic E-state index is 0.165. The second-order valence-corrected chi connectivity index (χ2v) is 6.19. The lowest BCUT2D eigenvalue weighted by Gasteiger charge is -2.21. The predicted octanol–water partition coefficient (Wildman–Crippen LogP) is 3.12. The van der Waals surface area contributed by atoms with Gasteiger partial charge in [-0.2, -0.15) is 0 Å². The average molecular weight is 273 g/mol. The number of anilines is 2. The Morgan fingerprint density at radius 2 is 2.26 bits per heavy atom. The highest BCUT2D eigenvalue weighted by atomic mass is 32.1. The maximum absolute atomic E-state index is 5.84. The van der Waals surface area contributed by atoms with Crippen molar-refractivity contribution in [3.63, 3.8) is 0 Å². The van der Waals surface area contributed by atoms with Crippen molar-refractivity contribution >= 4 is 22.2 Å². The van der Waals surface area contributed by atoms with Crippen LogP contribution in [0.3, 0.4) is 0 Å². The molecule has 0 fully saturated rings. The number of hydrogen-bond acceptors (Lipinski definition) is 4. The molecule has 2 heterocycles. The highest BCUT2D eigenvalue weighted by molar-refractivity contribution is 7.13. The molecule has 1 aromatic heterocycles. The summed E-state index contributed by atoms with van der Waals surface area (Å²) in [4.78, 5) is 7.10. The van der Waals surface area contributed by atoms with Crippen LogP contribution in [-0.4, -0.2) is 17.1 Å². The van der Waals surface area contributed by atoms with Gasteiger partial charge < -0.3 is 10.6 Å². The maximum atomic E-state index is 5.84. The van der Waals surface area contributed by atoms with Crippen molar-refractivity contribution in [1.29, 1.82) is 0 Å². The number of benzene rings is 1. The van der Waals surface area contributed by atoms with Crippen molar-refractivity contribution in [2.45, 2.75) is 38.8 Å². The third kappa shape index (κ3) is 2.38. The van der Waals surface area contributed by atoms with Gasteiger partial charge >= 0.3 is 0 Å². The summed E-state index contributed by atoms with van der Waals surface area (Å²) in [6.07, 6.45) is 1.94. The first-order chi connectivity index (χ1) is 9.15. The number of fused-ring (bicyclic) bond motifs is 1. The SMILES string of the molecule is CC(N)Cc1csc(N2c3ccccc3CC2C)n1. The largest absolute Gasteiger partial charge is 0.328 e. The summed E-state index contributed by atoms with van der Waals surface area (Å²) >= 11 is 1.72. The Morgan fingerprint density at radius 1 is 1.47 bits per heavy atom. The molecule has 1 aliphatic rings. The van der Waals surface area contributed by atoms with Crippen LogP contribution in [0.25, 0.3) is 0 Å². The Bertz CT molecular complexity index is 576. The van der Waals surface area contributed by atoms with Crippen LogP contribution in [0.4, 0.5) is 10.8 Å². The first-order valence-electron chi connectivity index (χ1n) is 6.72. The molecule has 0 bridgehead atoms. The van der Waals surface area contributed by atoms with E-state index in [2.05, 4.69) is 41.5 Å². The zero-order chi connectivity index (χ0) is 13.4. The number of hydrogen-bond donors (Lipinski definition) is 1. The summed E-state index contributed by atoms with van der Waals surface area (Å²) in [5.41, 5.74) is 9.66. The van der Waals surface area contributed by atoms with E-state index in [0.717, 1.165) is 23.7 Å². The van der Waals surface area contributed by atoms with Crippen molar-refractivity contribution < 1.29 is 0 Å². The van der Waals surface area contributed by atoms with Crippen LogP contribution in [0.1, 0.15) is 25.1 Å². The summed E-state index contributed by atoms with van der Waals surface area (Å²) in [6.45, 7) is 4.28. The fourth-order valence-corrected chi connectivity index (χ4v) is 3.64. The number of rotatable bonds is 3. The molecule has 2 atom stereocenters. The molecular weight excluding hydrogens is 254 g/mol. The summed E-state index contributed by atoms with van der Waals surface area (Å²) in [5, 5.41) is 3.22. The van der Waals surface area contributed by atoms with Gasteiger partial charge in [0, 0.05) is 29.6 Å². The fraction of sp³-hybridized carbons (Fsp3) is 0.400. The fourth-order valence-electron chi connectivity index (χ4n) is 2.69. The van der Waals surface area contributed by atoms with E-state index in [9.17, 15) is 0 Å². The summed E-state index contributed by atoms with van der Waals surface area (Å²) in [5.74, 6) is 0. The quantitative estimate of drug-likeness (QED) is 0.934. The van der Waals surface area contributed by atoms with Crippen molar-refractivity contribution in [3.8, 4) is 0 Å². The van der Waals surface area contributed by atoms with Crippen LogP contribution in [0.15, 0.2) is 29.6 Å². The first-order valence-corrected chi connectivity index (χ1v) is 7.60. The van der Waals surface area contributed by atoms with Gasteiger partial charge in [-0.15, -0.1) is 11.3 Å². The molecule has 3 rings (SSSR count). The topological polar surface area (TPSA) is 42.1 Å². The van der Waals surface area contributed by atoms with Gasteiger partial charge in [-0.05, 0) is 31.9 Å². The molecule has 0 radical (unpaired) electrons. The van der Waals surface area contributed by atoms with Crippen LogP contribution < -0.4 is 10.6 Å². The van der Waals surface area contributed by atoms with Crippen molar-refractivity contribution in [2.24, 2.45) is 5.73 Å². The molecule has 0 saturated heterocycles. The van der Waals surface area contributed by atoms with Crippen molar-refractivity contribution in [3.05, 3.63) is 40.9 Å². The molecule has 1 aromatic carbocycles. The van der Waals surface area contributed by atoms with Gasteiger partial charge in [-0.25, -0.2) is 4.98 Å². The van der Waals surface area contributed by atoms with E-state index in [1.54, 1.807) is 11.3 Å². The lowest BCUT2D eigenvalue weighted by atomic mass is 10.1. The molecule has 0 spiro atoms. The van der Waals surface area contributed by atoms with Gasteiger partial charge in [0.2, 0.25) is 0 Å². The molecule has 3 nitrogen and oxygen atoms in total. The number of nitrogens with zero attached hydrogens (tertiary/aromatic N) is 2. The summed E-state index contributed by atoms with van der Waals surface area (Å²) in [7, 11) is 0. The van der Waals surface area contributed by atoms with Crippen LogP contribution in [0.5, 0.6) is 0 Å². The van der Waals surface area contributed by atoms with Gasteiger partial charge in [-0.1, -0.05) is 18.2 Å². The Labute approximate surface area is 118 Å². The van der Waals surface area contributed by atoms with E-state index < -0.39 is 0 Å². The highest BCUT2D eigenvalue weighted by Gasteiger charge is 2.28. The molecule has 100 valence electrons. The van der Waals surface area contributed by atoms with E-state index in [0.29, 0.717) is 6.04 Å². The monoisotopic (exact) mass is 273 g/mol. The van der Waals surface area contributed by atoms with Gasteiger partial charge in [0.1, 0.15) is 0 Å². The van der Waals surface area contributed by atoms with Crippen LogP contribution in [-0.2, 0) is 12.8 Å². The Morgan fingerprint density at radius 3 is 3.05 bits per heavy atom.